The van der Waals surface area contributed by atoms with Crippen LogP contribution in [-0.2, 0) is 4.74 Å². The zero-order valence-electron chi connectivity index (χ0n) is 10.6. The van der Waals surface area contributed by atoms with Crippen molar-refractivity contribution in [1.82, 2.24) is 10.3 Å². The Morgan fingerprint density at radius 2 is 2.33 bits per heavy atom. The lowest BCUT2D eigenvalue weighted by Crippen LogP contribution is -2.40. The van der Waals surface area contributed by atoms with E-state index >= 15 is 0 Å². The third kappa shape index (κ3) is 2.82. The third-order valence-corrected chi connectivity index (χ3v) is 3.62. The number of carbonyl (C=O) groups excluding carboxylic acids is 1. The second-order valence-electron chi connectivity index (χ2n) is 4.59. The SMILES string of the molecule is COC1CCCC1NC(=O)c1cnc(C)cc1Cl. The fourth-order valence-corrected chi connectivity index (χ4v) is 2.61. The number of methoxy groups -OCH3 is 1. The Kier molecular flexibility index (Phi) is 4.19. The Labute approximate surface area is 112 Å². The molecule has 2 atom stereocenters. The summed E-state index contributed by atoms with van der Waals surface area (Å²) in [6.45, 7) is 1.84. The molecule has 98 valence electrons. The van der Waals surface area contributed by atoms with Crippen LogP contribution in [0.15, 0.2) is 12.3 Å². The number of amides is 1. The van der Waals surface area contributed by atoms with Gasteiger partial charge in [-0.15, -0.1) is 0 Å². The molecular formula is C13H17ClN2O2. The Morgan fingerprint density at radius 3 is 3.00 bits per heavy atom. The smallest absolute Gasteiger partial charge is 0.254 e. The minimum Gasteiger partial charge on any atom is -0.379 e. The van der Waals surface area contributed by atoms with Crippen molar-refractivity contribution in [3.63, 3.8) is 0 Å². The molecule has 1 heterocycles. The van der Waals surface area contributed by atoms with Crippen LogP contribution in [0.1, 0.15) is 35.3 Å². The second kappa shape index (κ2) is 5.67. The molecule has 1 N–H and O–H groups in total. The van der Waals surface area contributed by atoms with Gasteiger partial charge >= 0.3 is 0 Å². The molecule has 5 heteroatoms. The van der Waals surface area contributed by atoms with Crippen LogP contribution < -0.4 is 5.32 Å². The largest absolute Gasteiger partial charge is 0.379 e. The summed E-state index contributed by atoms with van der Waals surface area (Å²) in [6, 6.07) is 1.76. The Balaban J connectivity index is 2.07. The highest BCUT2D eigenvalue weighted by atomic mass is 35.5. The van der Waals surface area contributed by atoms with Gasteiger partial charge in [-0.25, -0.2) is 0 Å². The molecule has 0 aromatic carbocycles. The predicted octanol–water partition coefficient (Wildman–Crippen LogP) is 2.34. The van der Waals surface area contributed by atoms with Crippen molar-refractivity contribution in [2.75, 3.05) is 7.11 Å². The zero-order valence-corrected chi connectivity index (χ0v) is 11.3. The number of ether oxygens (including phenoxy) is 1. The molecule has 1 amide bonds. The molecule has 0 bridgehead atoms. The van der Waals surface area contributed by atoms with E-state index in [4.69, 9.17) is 16.3 Å². The summed E-state index contributed by atoms with van der Waals surface area (Å²) < 4.78 is 5.35. The molecule has 1 aromatic heterocycles. The van der Waals surface area contributed by atoms with Crippen molar-refractivity contribution >= 4 is 17.5 Å². The highest BCUT2D eigenvalue weighted by Crippen LogP contribution is 2.23. The van der Waals surface area contributed by atoms with Crippen LogP contribution in [-0.4, -0.2) is 30.1 Å². The predicted molar refractivity (Wildman–Crippen MR) is 69.9 cm³/mol. The summed E-state index contributed by atoms with van der Waals surface area (Å²) >= 11 is 6.05. The summed E-state index contributed by atoms with van der Waals surface area (Å²) in [6.07, 6.45) is 4.63. The minimum atomic E-state index is -0.179. The molecule has 0 saturated heterocycles. The molecule has 0 aliphatic heterocycles. The number of aryl methyl sites for hydroxylation is 1. The number of nitrogens with zero attached hydrogens (tertiary/aromatic N) is 1. The average Bonchev–Trinajstić information content (AvgIpc) is 2.76. The van der Waals surface area contributed by atoms with Crippen LogP contribution in [0.3, 0.4) is 0 Å². The molecule has 1 aromatic rings. The number of hydrogen-bond donors (Lipinski definition) is 1. The average molecular weight is 269 g/mol. The van der Waals surface area contributed by atoms with Gasteiger partial charge in [0.05, 0.1) is 22.7 Å². The summed E-state index contributed by atoms with van der Waals surface area (Å²) in [4.78, 5) is 16.2. The third-order valence-electron chi connectivity index (χ3n) is 3.31. The molecule has 1 fully saturated rings. The molecule has 1 aliphatic carbocycles. The van der Waals surface area contributed by atoms with Crippen LogP contribution in [0.25, 0.3) is 0 Å². The second-order valence-corrected chi connectivity index (χ2v) is 5.00. The summed E-state index contributed by atoms with van der Waals surface area (Å²) in [7, 11) is 1.68. The quantitative estimate of drug-likeness (QED) is 0.915. The van der Waals surface area contributed by atoms with Crippen LogP contribution in [0, 0.1) is 6.92 Å². The molecule has 0 spiro atoms. The lowest BCUT2D eigenvalue weighted by atomic mass is 10.2. The normalized spacial score (nSPS) is 23.1. The number of aromatic nitrogens is 1. The van der Waals surface area contributed by atoms with Gasteiger partial charge in [0.1, 0.15) is 0 Å². The maximum absolute atomic E-state index is 12.1. The highest BCUT2D eigenvalue weighted by molar-refractivity contribution is 6.33. The standard InChI is InChI=1S/C13H17ClN2O2/c1-8-6-10(14)9(7-15-8)13(17)16-11-4-3-5-12(11)18-2/h6-7,11-12H,3-5H2,1-2H3,(H,16,17). The molecule has 2 unspecified atom stereocenters. The van der Waals surface area contributed by atoms with Crippen molar-refractivity contribution in [2.24, 2.45) is 0 Å². The molecular weight excluding hydrogens is 252 g/mol. The first-order valence-electron chi connectivity index (χ1n) is 6.07. The number of nitrogens with one attached hydrogen (secondary N) is 1. The number of carbonyl (C=O) groups is 1. The van der Waals surface area contributed by atoms with Crippen molar-refractivity contribution in [3.05, 3.63) is 28.5 Å². The van der Waals surface area contributed by atoms with Crippen LogP contribution >= 0.6 is 11.6 Å². The minimum absolute atomic E-state index is 0.0693. The van der Waals surface area contributed by atoms with E-state index in [2.05, 4.69) is 10.3 Å². The van der Waals surface area contributed by atoms with E-state index in [9.17, 15) is 4.79 Å². The molecule has 4 nitrogen and oxygen atoms in total. The van der Waals surface area contributed by atoms with Gasteiger partial charge < -0.3 is 10.1 Å². The zero-order chi connectivity index (χ0) is 13.1. The highest BCUT2D eigenvalue weighted by Gasteiger charge is 2.29. The monoisotopic (exact) mass is 268 g/mol. The van der Waals surface area contributed by atoms with Gasteiger partial charge in [-0.05, 0) is 32.3 Å². The summed E-state index contributed by atoms with van der Waals surface area (Å²) in [5.41, 5.74) is 1.22. The van der Waals surface area contributed by atoms with Crippen molar-refractivity contribution in [1.29, 1.82) is 0 Å². The lowest BCUT2D eigenvalue weighted by molar-refractivity contribution is 0.0722. The van der Waals surface area contributed by atoms with E-state index < -0.39 is 0 Å². The van der Waals surface area contributed by atoms with Gasteiger partial charge in [-0.3, -0.25) is 9.78 Å². The van der Waals surface area contributed by atoms with Gasteiger partial charge in [0.2, 0.25) is 0 Å². The van der Waals surface area contributed by atoms with Crippen LogP contribution in [0.5, 0.6) is 0 Å². The Bertz CT molecular complexity index is 451. The number of rotatable bonds is 3. The topological polar surface area (TPSA) is 51.2 Å². The molecule has 1 saturated carbocycles. The summed E-state index contributed by atoms with van der Waals surface area (Å²) in [5, 5.41) is 3.41. The molecule has 0 radical (unpaired) electrons. The van der Waals surface area contributed by atoms with E-state index in [1.54, 1.807) is 13.2 Å². The summed E-state index contributed by atoms with van der Waals surface area (Å²) in [5.74, 6) is -0.179. The maximum Gasteiger partial charge on any atom is 0.254 e. The van der Waals surface area contributed by atoms with E-state index in [-0.39, 0.29) is 18.1 Å². The van der Waals surface area contributed by atoms with Gasteiger partial charge in [0, 0.05) is 19.0 Å². The van der Waals surface area contributed by atoms with Crippen LogP contribution in [0.4, 0.5) is 0 Å². The molecule has 2 rings (SSSR count). The van der Waals surface area contributed by atoms with Gasteiger partial charge in [0.25, 0.3) is 5.91 Å². The lowest BCUT2D eigenvalue weighted by Gasteiger charge is -2.19. The maximum atomic E-state index is 12.1. The van der Waals surface area contributed by atoms with E-state index in [1.165, 1.54) is 6.20 Å². The first-order valence-corrected chi connectivity index (χ1v) is 6.45. The number of pyridine rings is 1. The van der Waals surface area contributed by atoms with E-state index in [0.29, 0.717) is 10.6 Å². The van der Waals surface area contributed by atoms with E-state index in [1.807, 2.05) is 6.92 Å². The van der Waals surface area contributed by atoms with Crippen molar-refractivity contribution in [3.8, 4) is 0 Å². The molecule has 1 aliphatic rings. The fraction of sp³-hybridized carbons (Fsp3) is 0.538. The van der Waals surface area contributed by atoms with E-state index in [0.717, 1.165) is 25.0 Å². The Hall–Kier alpha value is -1.13. The number of halogens is 1. The van der Waals surface area contributed by atoms with Gasteiger partial charge in [-0.1, -0.05) is 11.6 Å². The first-order chi connectivity index (χ1) is 8.61. The van der Waals surface area contributed by atoms with Gasteiger partial charge in [0.15, 0.2) is 0 Å². The molecule has 18 heavy (non-hydrogen) atoms. The van der Waals surface area contributed by atoms with Crippen LogP contribution in [0.2, 0.25) is 5.02 Å². The Morgan fingerprint density at radius 1 is 1.56 bits per heavy atom. The fourth-order valence-electron chi connectivity index (χ4n) is 2.31. The first kappa shape index (κ1) is 13.3. The van der Waals surface area contributed by atoms with Gasteiger partial charge in [-0.2, -0.15) is 0 Å². The van der Waals surface area contributed by atoms with Crippen molar-refractivity contribution in [2.45, 2.75) is 38.3 Å². The van der Waals surface area contributed by atoms with Crippen molar-refractivity contribution < 1.29 is 9.53 Å². The number of hydrogen-bond acceptors (Lipinski definition) is 3.